The van der Waals surface area contributed by atoms with Gasteiger partial charge in [-0.15, -0.1) is 0 Å². The molecule has 156 valence electrons. The van der Waals surface area contributed by atoms with Gasteiger partial charge in [-0.1, -0.05) is 60.7 Å². The number of hydrogen-bond donors (Lipinski definition) is 2. The van der Waals surface area contributed by atoms with Crippen LogP contribution in [0.4, 0.5) is 4.79 Å². The molecule has 4 rings (SSSR count). The van der Waals surface area contributed by atoms with Crippen LogP contribution < -0.4 is 10.6 Å². The maximum absolute atomic E-state index is 12.4. The predicted octanol–water partition coefficient (Wildman–Crippen LogP) is 1.89. The number of hydrogen-bond acceptors (Lipinski definition) is 3. The Bertz CT molecular complexity index is 830. The van der Waals surface area contributed by atoms with E-state index in [1.807, 2.05) is 60.7 Å². The molecule has 30 heavy (non-hydrogen) atoms. The van der Waals surface area contributed by atoms with Gasteiger partial charge in [0.15, 0.2) is 0 Å². The van der Waals surface area contributed by atoms with E-state index < -0.39 is 0 Å². The maximum Gasteiger partial charge on any atom is 0.315 e. The molecule has 0 aliphatic carbocycles. The molecule has 2 heterocycles. The molecule has 0 aromatic heterocycles. The van der Waals surface area contributed by atoms with E-state index in [2.05, 4.69) is 10.6 Å². The second-order valence-electron chi connectivity index (χ2n) is 7.94. The first-order valence-electron chi connectivity index (χ1n) is 10.3. The van der Waals surface area contributed by atoms with Crippen LogP contribution in [0.15, 0.2) is 60.7 Å². The summed E-state index contributed by atoms with van der Waals surface area (Å²) < 4.78 is 0. The number of nitrogens with one attached hydrogen (secondary N) is 2. The summed E-state index contributed by atoms with van der Waals surface area (Å²) in [5, 5.41) is 5.78. The molecule has 2 saturated heterocycles. The number of carbonyl (C=O) groups excluding carboxylic acids is 3. The average Bonchev–Trinajstić information content (AvgIpc) is 3.24. The standard InChI is InChI=1S/C23H26N4O3/c28-21-11-19(15-26(21)13-17-7-3-1-4-8-17)24-23(30)25-20-12-22(29)27(16-20)14-18-9-5-2-6-10-18/h1-10,19-20H,11-16H2,(H2,24,25,30)/t19-,20-/m1/s1. The van der Waals surface area contributed by atoms with E-state index >= 15 is 0 Å². The van der Waals surface area contributed by atoms with Crippen LogP contribution in [0.5, 0.6) is 0 Å². The van der Waals surface area contributed by atoms with Gasteiger partial charge < -0.3 is 20.4 Å². The van der Waals surface area contributed by atoms with E-state index in [1.54, 1.807) is 9.80 Å². The lowest BCUT2D eigenvalue weighted by Crippen LogP contribution is -2.47. The molecule has 4 amide bonds. The largest absolute Gasteiger partial charge is 0.336 e. The summed E-state index contributed by atoms with van der Waals surface area (Å²) >= 11 is 0. The third-order valence-corrected chi connectivity index (χ3v) is 5.53. The minimum absolute atomic E-state index is 0.0363. The van der Waals surface area contributed by atoms with Gasteiger partial charge in [0.2, 0.25) is 11.8 Å². The Morgan fingerprint density at radius 2 is 1.13 bits per heavy atom. The van der Waals surface area contributed by atoms with Crippen LogP contribution >= 0.6 is 0 Å². The van der Waals surface area contributed by atoms with Crippen molar-refractivity contribution in [2.45, 2.75) is 38.0 Å². The van der Waals surface area contributed by atoms with Crippen molar-refractivity contribution in [1.29, 1.82) is 0 Å². The first-order chi connectivity index (χ1) is 14.6. The lowest BCUT2D eigenvalue weighted by Gasteiger charge is -2.19. The summed E-state index contributed by atoms with van der Waals surface area (Å²) in [6.45, 7) is 2.08. The van der Waals surface area contributed by atoms with Crippen molar-refractivity contribution in [3.8, 4) is 0 Å². The summed E-state index contributed by atoms with van der Waals surface area (Å²) in [5.41, 5.74) is 2.14. The Hall–Kier alpha value is -3.35. The lowest BCUT2D eigenvalue weighted by atomic mass is 10.2. The van der Waals surface area contributed by atoms with Crippen molar-refractivity contribution < 1.29 is 14.4 Å². The van der Waals surface area contributed by atoms with E-state index in [0.29, 0.717) is 39.0 Å². The molecule has 2 atom stereocenters. The van der Waals surface area contributed by atoms with Crippen LogP contribution in [0, 0.1) is 0 Å². The number of rotatable bonds is 6. The fourth-order valence-electron chi connectivity index (χ4n) is 4.06. The molecule has 7 heteroatoms. The topological polar surface area (TPSA) is 81.8 Å². The minimum Gasteiger partial charge on any atom is -0.336 e. The van der Waals surface area contributed by atoms with Gasteiger partial charge >= 0.3 is 6.03 Å². The summed E-state index contributed by atoms with van der Waals surface area (Å²) in [7, 11) is 0. The van der Waals surface area contributed by atoms with E-state index in [1.165, 1.54) is 0 Å². The van der Waals surface area contributed by atoms with Crippen molar-refractivity contribution >= 4 is 17.8 Å². The number of benzene rings is 2. The Balaban J connectivity index is 1.24. The highest BCUT2D eigenvalue weighted by Crippen LogP contribution is 2.17. The average molecular weight is 406 g/mol. The number of urea groups is 1. The van der Waals surface area contributed by atoms with Gasteiger partial charge in [0.1, 0.15) is 0 Å². The molecular weight excluding hydrogens is 380 g/mol. The Labute approximate surface area is 176 Å². The maximum atomic E-state index is 12.4. The monoisotopic (exact) mass is 406 g/mol. The van der Waals surface area contributed by atoms with Gasteiger partial charge in [-0.25, -0.2) is 4.79 Å². The number of likely N-dealkylation sites (tertiary alicyclic amines) is 2. The first kappa shape index (κ1) is 19.9. The molecule has 0 bridgehead atoms. The molecule has 2 aliphatic heterocycles. The zero-order valence-corrected chi connectivity index (χ0v) is 16.8. The Kier molecular flexibility index (Phi) is 5.97. The third kappa shape index (κ3) is 4.97. The smallest absolute Gasteiger partial charge is 0.315 e. The number of amides is 4. The highest BCUT2D eigenvalue weighted by atomic mass is 16.2. The van der Waals surface area contributed by atoms with Gasteiger partial charge in [-0.2, -0.15) is 0 Å². The van der Waals surface area contributed by atoms with Crippen molar-refractivity contribution in [3.05, 3.63) is 71.8 Å². The van der Waals surface area contributed by atoms with E-state index in [-0.39, 0.29) is 29.9 Å². The minimum atomic E-state index is -0.325. The normalized spacial score (nSPS) is 21.2. The summed E-state index contributed by atoms with van der Waals surface area (Å²) in [4.78, 5) is 40.5. The quantitative estimate of drug-likeness (QED) is 0.769. The molecule has 0 saturated carbocycles. The second-order valence-corrected chi connectivity index (χ2v) is 7.94. The molecule has 2 N–H and O–H groups in total. The van der Waals surface area contributed by atoms with Gasteiger partial charge in [0.25, 0.3) is 0 Å². The van der Waals surface area contributed by atoms with Crippen LogP contribution in [0.2, 0.25) is 0 Å². The summed E-state index contributed by atoms with van der Waals surface area (Å²) in [6.07, 6.45) is 0.591. The molecular formula is C23H26N4O3. The third-order valence-electron chi connectivity index (χ3n) is 5.53. The highest BCUT2D eigenvalue weighted by Gasteiger charge is 2.33. The summed E-state index contributed by atoms with van der Waals surface area (Å²) in [6, 6.07) is 18.8. The van der Waals surface area contributed by atoms with Crippen LogP contribution in [-0.4, -0.2) is 52.8 Å². The molecule has 2 aromatic rings. The van der Waals surface area contributed by atoms with E-state index in [4.69, 9.17) is 0 Å². The fourth-order valence-corrected chi connectivity index (χ4v) is 4.06. The van der Waals surface area contributed by atoms with Crippen LogP contribution in [0.25, 0.3) is 0 Å². The van der Waals surface area contributed by atoms with Crippen LogP contribution in [0.3, 0.4) is 0 Å². The SMILES string of the molecule is O=C(N[C@@H]1CC(=O)N(Cc2ccccc2)C1)N[C@@H]1CC(=O)N(Cc2ccccc2)C1. The second kappa shape index (κ2) is 8.98. The fraction of sp³-hybridized carbons (Fsp3) is 0.348. The van der Waals surface area contributed by atoms with Crippen molar-refractivity contribution in [1.82, 2.24) is 20.4 Å². The Morgan fingerprint density at radius 3 is 1.53 bits per heavy atom. The molecule has 2 aliphatic rings. The number of carbonyl (C=O) groups is 3. The zero-order chi connectivity index (χ0) is 20.9. The highest BCUT2D eigenvalue weighted by molar-refractivity contribution is 5.83. The Morgan fingerprint density at radius 1 is 0.733 bits per heavy atom. The summed E-state index contributed by atoms with van der Waals surface area (Å²) in [5.74, 6) is 0.0727. The molecule has 2 fully saturated rings. The molecule has 0 radical (unpaired) electrons. The van der Waals surface area contributed by atoms with Gasteiger partial charge in [-0.3, -0.25) is 9.59 Å². The molecule has 2 aromatic carbocycles. The van der Waals surface area contributed by atoms with Gasteiger partial charge in [0, 0.05) is 39.0 Å². The number of nitrogens with zero attached hydrogens (tertiary/aromatic N) is 2. The van der Waals surface area contributed by atoms with Crippen LogP contribution in [0.1, 0.15) is 24.0 Å². The molecule has 7 nitrogen and oxygen atoms in total. The van der Waals surface area contributed by atoms with Gasteiger partial charge in [0.05, 0.1) is 12.1 Å². The van der Waals surface area contributed by atoms with Crippen molar-refractivity contribution in [3.63, 3.8) is 0 Å². The lowest BCUT2D eigenvalue weighted by molar-refractivity contribution is -0.129. The van der Waals surface area contributed by atoms with E-state index in [0.717, 1.165) is 11.1 Å². The predicted molar refractivity (Wildman–Crippen MR) is 112 cm³/mol. The zero-order valence-electron chi connectivity index (χ0n) is 16.8. The molecule has 0 spiro atoms. The first-order valence-corrected chi connectivity index (χ1v) is 10.3. The van der Waals surface area contributed by atoms with Crippen molar-refractivity contribution in [2.75, 3.05) is 13.1 Å². The van der Waals surface area contributed by atoms with E-state index in [9.17, 15) is 14.4 Å². The molecule has 0 unspecified atom stereocenters. The van der Waals surface area contributed by atoms with Crippen LogP contribution in [-0.2, 0) is 22.7 Å². The van der Waals surface area contributed by atoms with Gasteiger partial charge in [-0.05, 0) is 11.1 Å². The van der Waals surface area contributed by atoms with Crippen molar-refractivity contribution in [2.24, 2.45) is 0 Å².